The fourth-order valence-corrected chi connectivity index (χ4v) is 6.52. The van der Waals surface area contributed by atoms with Crippen LogP contribution in [0.15, 0.2) is 170 Å². The largest absolute Gasteiger partial charge is 0.300 e. The highest BCUT2D eigenvalue weighted by molar-refractivity contribution is 6.26. The summed E-state index contributed by atoms with van der Waals surface area (Å²) in [6, 6.07) is 45.9. The molecule has 0 atom stereocenters. The minimum absolute atomic E-state index is 0.371. The maximum atomic E-state index is 8.41. The second-order valence-electron chi connectivity index (χ2n) is 11.4. The Morgan fingerprint density at radius 2 is 1.13 bits per heavy atom. The molecule has 0 aliphatic heterocycles. The molecule has 0 amide bonds. The summed E-state index contributed by atoms with van der Waals surface area (Å²) in [5, 5.41) is 18.2. The summed E-state index contributed by atoms with van der Waals surface area (Å²) in [5.41, 5.74) is 7.76. The standard InChI is InChI=1S/C44H33N/c1-4-14-30(3)42(45)26-23-29(2)32-24-25-39-41(27-32)44(38-22-13-12-21-37(38)43(39)31-15-6-5-7-16-31)40-28-33-17-8-9-18-34(33)35-19-10-11-20-36(35)40/h4-28,45H,2-3H2,1H3/b14-4-,26-23-,45-42?. The lowest BCUT2D eigenvalue weighted by Crippen LogP contribution is -1.94. The van der Waals surface area contributed by atoms with E-state index in [-0.39, 0.29) is 0 Å². The van der Waals surface area contributed by atoms with E-state index in [0.29, 0.717) is 11.3 Å². The Balaban J connectivity index is 1.57. The smallest absolute Gasteiger partial charge is 0.0606 e. The second kappa shape index (κ2) is 11.7. The maximum Gasteiger partial charge on any atom is 0.0606 e. The Labute approximate surface area is 264 Å². The van der Waals surface area contributed by atoms with E-state index in [1.165, 1.54) is 65.3 Å². The van der Waals surface area contributed by atoms with Crippen LogP contribution < -0.4 is 0 Å². The molecule has 0 aromatic heterocycles. The Kier molecular flexibility index (Phi) is 7.29. The second-order valence-corrected chi connectivity index (χ2v) is 11.4. The Morgan fingerprint density at radius 3 is 1.87 bits per heavy atom. The number of allylic oxidation sites excluding steroid dienone is 6. The van der Waals surface area contributed by atoms with Crippen molar-refractivity contribution in [3.05, 3.63) is 176 Å². The average molecular weight is 576 g/mol. The molecule has 0 heterocycles. The number of hydrogen-bond acceptors (Lipinski definition) is 1. The minimum atomic E-state index is 0.371. The third-order valence-electron chi connectivity index (χ3n) is 8.66. The van der Waals surface area contributed by atoms with E-state index in [0.717, 1.165) is 11.1 Å². The molecule has 0 fully saturated rings. The monoisotopic (exact) mass is 575 g/mol. The molecule has 0 saturated heterocycles. The topological polar surface area (TPSA) is 23.9 Å². The van der Waals surface area contributed by atoms with E-state index in [1.807, 2.05) is 25.2 Å². The van der Waals surface area contributed by atoms with Gasteiger partial charge in [-0.25, -0.2) is 0 Å². The summed E-state index contributed by atoms with van der Waals surface area (Å²) in [5.74, 6) is 0. The number of fused-ring (bicyclic) bond motifs is 5. The molecule has 7 rings (SSSR count). The van der Waals surface area contributed by atoms with Crippen LogP contribution in [0.1, 0.15) is 12.5 Å². The van der Waals surface area contributed by atoms with Gasteiger partial charge in [0.2, 0.25) is 0 Å². The first-order chi connectivity index (χ1) is 22.0. The molecule has 1 N–H and O–H groups in total. The fourth-order valence-electron chi connectivity index (χ4n) is 6.52. The van der Waals surface area contributed by atoms with Crippen molar-refractivity contribution in [2.75, 3.05) is 0 Å². The minimum Gasteiger partial charge on any atom is -0.300 e. The zero-order valence-electron chi connectivity index (χ0n) is 25.3. The van der Waals surface area contributed by atoms with E-state index < -0.39 is 0 Å². The van der Waals surface area contributed by atoms with Gasteiger partial charge in [-0.15, -0.1) is 0 Å². The first kappa shape index (κ1) is 28.0. The lowest BCUT2D eigenvalue weighted by atomic mass is 9.83. The van der Waals surface area contributed by atoms with Crippen LogP contribution in [-0.4, -0.2) is 5.71 Å². The number of rotatable bonds is 7. The summed E-state index contributed by atoms with van der Waals surface area (Å²) in [6.07, 6.45) is 7.45. The first-order valence-corrected chi connectivity index (χ1v) is 15.3. The van der Waals surface area contributed by atoms with Crippen molar-refractivity contribution in [2.24, 2.45) is 0 Å². The van der Waals surface area contributed by atoms with E-state index in [2.05, 4.69) is 141 Å². The average Bonchev–Trinajstić information content (AvgIpc) is 3.09. The summed E-state index contributed by atoms with van der Waals surface area (Å²) < 4.78 is 0. The number of nitrogens with one attached hydrogen (secondary N) is 1. The van der Waals surface area contributed by atoms with Crippen LogP contribution in [0.3, 0.4) is 0 Å². The van der Waals surface area contributed by atoms with Crippen LogP contribution in [-0.2, 0) is 0 Å². The van der Waals surface area contributed by atoms with E-state index in [1.54, 1.807) is 6.08 Å². The molecule has 214 valence electrons. The fraction of sp³-hybridized carbons (Fsp3) is 0.0227. The predicted octanol–water partition coefficient (Wildman–Crippen LogP) is 12.4. The van der Waals surface area contributed by atoms with Gasteiger partial charge in [-0.1, -0.05) is 147 Å². The van der Waals surface area contributed by atoms with Crippen molar-refractivity contribution in [1.29, 1.82) is 5.41 Å². The highest BCUT2D eigenvalue weighted by Crippen LogP contribution is 2.47. The van der Waals surface area contributed by atoms with Gasteiger partial charge < -0.3 is 5.41 Å². The van der Waals surface area contributed by atoms with Gasteiger partial charge in [0.1, 0.15) is 0 Å². The van der Waals surface area contributed by atoms with E-state index in [9.17, 15) is 0 Å². The molecule has 0 saturated carbocycles. The van der Waals surface area contributed by atoms with Crippen LogP contribution in [0.5, 0.6) is 0 Å². The molecule has 0 radical (unpaired) electrons. The first-order valence-electron chi connectivity index (χ1n) is 15.3. The zero-order chi connectivity index (χ0) is 30.9. The van der Waals surface area contributed by atoms with Gasteiger partial charge in [0.15, 0.2) is 0 Å². The summed E-state index contributed by atoms with van der Waals surface area (Å²) in [6.45, 7) is 10.3. The van der Waals surface area contributed by atoms with Crippen molar-refractivity contribution in [3.63, 3.8) is 0 Å². The molecule has 0 aliphatic carbocycles. The van der Waals surface area contributed by atoms with Crippen molar-refractivity contribution < 1.29 is 0 Å². The number of benzene rings is 7. The third-order valence-corrected chi connectivity index (χ3v) is 8.66. The van der Waals surface area contributed by atoms with Crippen LogP contribution >= 0.6 is 0 Å². The van der Waals surface area contributed by atoms with E-state index in [4.69, 9.17) is 5.41 Å². The molecule has 1 nitrogen and oxygen atoms in total. The van der Waals surface area contributed by atoms with Gasteiger partial charge in [0, 0.05) is 0 Å². The van der Waals surface area contributed by atoms with E-state index >= 15 is 0 Å². The van der Waals surface area contributed by atoms with Gasteiger partial charge in [0.25, 0.3) is 0 Å². The summed E-state index contributed by atoms with van der Waals surface area (Å²) >= 11 is 0. The normalized spacial score (nSPS) is 11.8. The summed E-state index contributed by atoms with van der Waals surface area (Å²) in [7, 11) is 0. The molecule has 1 heteroatoms. The lowest BCUT2D eigenvalue weighted by Gasteiger charge is -2.20. The molecule has 0 unspecified atom stereocenters. The highest BCUT2D eigenvalue weighted by atomic mass is 14.4. The van der Waals surface area contributed by atoms with Crippen molar-refractivity contribution in [3.8, 4) is 22.3 Å². The zero-order valence-corrected chi connectivity index (χ0v) is 25.3. The van der Waals surface area contributed by atoms with Crippen molar-refractivity contribution >= 4 is 54.4 Å². The van der Waals surface area contributed by atoms with Gasteiger partial charge in [-0.05, 0) is 107 Å². The van der Waals surface area contributed by atoms with Gasteiger partial charge >= 0.3 is 0 Å². The Hall–Kier alpha value is -5.79. The van der Waals surface area contributed by atoms with Crippen molar-refractivity contribution in [2.45, 2.75) is 6.92 Å². The SMILES string of the molecule is C=C(/C=C\C)C(=N)/C=C\C(=C)c1ccc2c(-c3ccccc3)c3ccccc3c(-c3cc4ccccc4c4ccccc34)c2c1. The van der Waals surface area contributed by atoms with Gasteiger partial charge in [-0.2, -0.15) is 0 Å². The Bertz CT molecular complexity index is 2370. The van der Waals surface area contributed by atoms with Crippen molar-refractivity contribution in [1.82, 2.24) is 0 Å². The molecule has 7 aromatic carbocycles. The third kappa shape index (κ3) is 4.99. The summed E-state index contributed by atoms with van der Waals surface area (Å²) in [4.78, 5) is 0. The Morgan fingerprint density at radius 1 is 0.533 bits per heavy atom. The van der Waals surface area contributed by atoms with Crippen LogP contribution in [0.25, 0.3) is 70.9 Å². The lowest BCUT2D eigenvalue weighted by molar-refractivity contribution is 1.51. The van der Waals surface area contributed by atoms with Gasteiger partial charge in [-0.3, -0.25) is 0 Å². The predicted molar refractivity (Wildman–Crippen MR) is 197 cm³/mol. The van der Waals surface area contributed by atoms with Crippen LogP contribution in [0.2, 0.25) is 0 Å². The number of hydrogen-bond donors (Lipinski definition) is 1. The van der Waals surface area contributed by atoms with Gasteiger partial charge in [0.05, 0.1) is 5.71 Å². The molecular weight excluding hydrogens is 542 g/mol. The molecule has 45 heavy (non-hydrogen) atoms. The molecule has 0 aliphatic rings. The molecule has 0 bridgehead atoms. The molecule has 0 spiro atoms. The molecular formula is C44H33N. The quantitative estimate of drug-likeness (QED) is 0.0846. The van der Waals surface area contributed by atoms with Crippen LogP contribution in [0, 0.1) is 5.41 Å². The molecule has 7 aromatic rings. The maximum absolute atomic E-state index is 8.41. The van der Waals surface area contributed by atoms with Crippen LogP contribution in [0.4, 0.5) is 0 Å². The highest BCUT2D eigenvalue weighted by Gasteiger charge is 2.19.